The summed E-state index contributed by atoms with van der Waals surface area (Å²) in [7, 11) is 0. The van der Waals surface area contributed by atoms with E-state index in [1.165, 1.54) is 11.6 Å². The average molecular weight is 529 g/mol. The molecule has 4 nitrogen and oxygen atoms in total. The van der Waals surface area contributed by atoms with E-state index in [4.69, 9.17) is 5.73 Å². The largest absolute Gasteiger partial charge is 0.416 e. The van der Waals surface area contributed by atoms with Crippen LogP contribution in [0.4, 0.5) is 13.2 Å². The summed E-state index contributed by atoms with van der Waals surface area (Å²) in [6.45, 7) is 12.2. The molecule has 1 aliphatic heterocycles. The van der Waals surface area contributed by atoms with Crippen LogP contribution in [0.2, 0.25) is 0 Å². The van der Waals surface area contributed by atoms with E-state index in [9.17, 15) is 13.2 Å². The minimum absolute atomic E-state index is 0.0296. The minimum Gasteiger partial charge on any atom is -0.373 e. The Kier molecular flexibility index (Phi) is 10.5. The molecular formula is C31H43F3N4. The fourth-order valence-electron chi connectivity index (χ4n) is 5.19. The van der Waals surface area contributed by atoms with Gasteiger partial charge in [-0.3, -0.25) is 0 Å². The molecule has 7 heteroatoms. The van der Waals surface area contributed by atoms with Crippen molar-refractivity contribution in [1.82, 2.24) is 14.9 Å². The number of halogens is 3. The fraction of sp³-hybridized carbons (Fsp3) is 0.548. The summed E-state index contributed by atoms with van der Waals surface area (Å²) in [5.41, 5.74) is 9.81. The quantitative estimate of drug-likeness (QED) is 0.306. The molecule has 2 aromatic rings. The molecule has 0 amide bonds. The van der Waals surface area contributed by atoms with Crippen molar-refractivity contribution in [2.45, 2.75) is 84.7 Å². The third-order valence-electron chi connectivity index (χ3n) is 7.24. The Balaban J connectivity index is 1.91. The van der Waals surface area contributed by atoms with Crippen molar-refractivity contribution in [3.05, 3.63) is 70.7 Å². The number of hydrogen-bond donors (Lipinski definition) is 1. The lowest BCUT2D eigenvalue weighted by atomic mass is 9.85. The third-order valence-corrected chi connectivity index (χ3v) is 7.24. The molecule has 0 aliphatic carbocycles. The Morgan fingerprint density at radius 2 is 1.71 bits per heavy atom. The van der Waals surface area contributed by atoms with Gasteiger partial charge in [-0.25, -0.2) is 9.97 Å². The van der Waals surface area contributed by atoms with Crippen molar-refractivity contribution in [3.8, 4) is 11.4 Å². The van der Waals surface area contributed by atoms with E-state index in [2.05, 4.69) is 62.8 Å². The number of nitrogens with two attached hydrogens (primary N) is 1. The topological polar surface area (TPSA) is 55.0 Å². The molecule has 2 heterocycles. The van der Waals surface area contributed by atoms with Crippen molar-refractivity contribution in [1.29, 1.82) is 0 Å². The monoisotopic (exact) mass is 528 g/mol. The summed E-state index contributed by atoms with van der Waals surface area (Å²) < 4.78 is 41.6. The van der Waals surface area contributed by atoms with Crippen LogP contribution in [0.25, 0.3) is 11.4 Å². The number of nitrogens with zero attached hydrogens (tertiary/aromatic N) is 3. The molecule has 3 rings (SSSR count). The zero-order chi connectivity index (χ0) is 27.9. The molecule has 2 atom stereocenters. The first-order valence-corrected chi connectivity index (χ1v) is 13.9. The zero-order valence-electron chi connectivity index (χ0n) is 23.5. The van der Waals surface area contributed by atoms with Crippen LogP contribution in [0.5, 0.6) is 0 Å². The summed E-state index contributed by atoms with van der Waals surface area (Å²) in [5, 5.41) is 0. The summed E-state index contributed by atoms with van der Waals surface area (Å²) in [4.78, 5) is 11.2. The Morgan fingerprint density at radius 3 is 2.32 bits per heavy atom. The SMILES string of the molecule is CCCC(C)c1ccc(-c2ncc(CCN)cn2)c(C(C)CCC2=CN(CC(C)C)CC=C2C(F)(F)F)c1. The highest BCUT2D eigenvalue weighted by Crippen LogP contribution is 2.39. The molecule has 38 heavy (non-hydrogen) atoms. The van der Waals surface area contributed by atoms with Gasteiger partial charge >= 0.3 is 6.18 Å². The second kappa shape index (κ2) is 13.4. The van der Waals surface area contributed by atoms with E-state index in [1.807, 2.05) is 17.3 Å². The lowest BCUT2D eigenvalue weighted by molar-refractivity contribution is -0.0904. The Labute approximate surface area is 226 Å². The minimum atomic E-state index is -4.35. The van der Waals surface area contributed by atoms with Crippen molar-refractivity contribution in [3.63, 3.8) is 0 Å². The van der Waals surface area contributed by atoms with E-state index >= 15 is 0 Å². The van der Waals surface area contributed by atoms with E-state index in [0.29, 0.717) is 49.2 Å². The molecule has 1 aliphatic rings. The van der Waals surface area contributed by atoms with Gasteiger partial charge in [0.05, 0.1) is 5.57 Å². The number of rotatable bonds is 12. The first-order valence-electron chi connectivity index (χ1n) is 13.9. The molecule has 208 valence electrons. The molecule has 0 radical (unpaired) electrons. The molecule has 0 bridgehead atoms. The van der Waals surface area contributed by atoms with Gasteiger partial charge in [0.2, 0.25) is 0 Å². The van der Waals surface area contributed by atoms with E-state index < -0.39 is 11.7 Å². The van der Waals surface area contributed by atoms with Crippen LogP contribution >= 0.6 is 0 Å². The fourth-order valence-corrected chi connectivity index (χ4v) is 5.19. The highest BCUT2D eigenvalue weighted by molar-refractivity contribution is 5.62. The van der Waals surface area contributed by atoms with Gasteiger partial charge in [-0.15, -0.1) is 0 Å². The molecule has 2 unspecified atom stereocenters. The van der Waals surface area contributed by atoms with Crippen LogP contribution < -0.4 is 5.73 Å². The molecule has 0 spiro atoms. The van der Waals surface area contributed by atoms with Gasteiger partial charge in [-0.1, -0.05) is 65.3 Å². The number of hydrogen-bond acceptors (Lipinski definition) is 4. The second-order valence-corrected chi connectivity index (χ2v) is 11.0. The van der Waals surface area contributed by atoms with Crippen molar-refractivity contribution in [2.24, 2.45) is 11.7 Å². The van der Waals surface area contributed by atoms with Gasteiger partial charge in [-0.05, 0) is 72.2 Å². The molecule has 1 aromatic carbocycles. The standard InChI is InChI=1S/C31H43F3N4/c1-6-7-22(4)25-10-11-27(30-36-17-24(12-14-35)18-37-30)28(16-25)23(5)8-9-26-20-38(19-21(2)3)15-13-29(26)31(32,33)34/h10-11,13,16-18,20-23H,6-9,12,14-15,19,35H2,1-5H3. The van der Waals surface area contributed by atoms with Crippen LogP contribution in [0.15, 0.2) is 54.0 Å². The highest BCUT2D eigenvalue weighted by Gasteiger charge is 2.37. The summed E-state index contributed by atoms with van der Waals surface area (Å²) in [5.74, 6) is 1.44. The maximum absolute atomic E-state index is 13.9. The zero-order valence-corrected chi connectivity index (χ0v) is 23.5. The first kappa shape index (κ1) is 29.9. The Morgan fingerprint density at radius 1 is 1.00 bits per heavy atom. The molecule has 0 saturated carbocycles. The lowest BCUT2D eigenvalue weighted by Gasteiger charge is -2.29. The molecule has 2 N–H and O–H groups in total. The predicted octanol–water partition coefficient (Wildman–Crippen LogP) is 7.78. The van der Waals surface area contributed by atoms with Crippen LogP contribution in [0.1, 0.15) is 88.8 Å². The maximum Gasteiger partial charge on any atom is 0.416 e. The maximum atomic E-state index is 13.9. The van der Waals surface area contributed by atoms with Gasteiger partial charge in [0, 0.05) is 37.2 Å². The normalized spacial score (nSPS) is 15.9. The van der Waals surface area contributed by atoms with Gasteiger partial charge in [0.15, 0.2) is 5.82 Å². The average Bonchev–Trinajstić information content (AvgIpc) is 2.87. The third kappa shape index (κ3) is 7.92. The summed E-state index contributed by atoms with van der Waals surface area (Å²) >= 11 is 0. The van der Waals surface area contributed by atoms with E-state index in [1.54, 1.807) is 6.20 Å². The molecule has 0 saturated heterocycles. The van der Waals surface area contributed by atoms with Crippen LogP contribution in [-0.2, 0) is 6.42 Å². The molecule has 1 aromatic heterocycles. The summed E-state index contributed by atoms with van der Waals surface area (Å²) in [6.07, 6.45) is 6.19. The van der Waals surface area contributed by atoms with Crippen LogP contribution in [0.3, 0.4) is 0 Å². The first-order chi connectivity index (χ1) is 18.0. The van der Waals surface area contributed by atoms with Crippen molar-refractivity contribution in [2.75, 3.05) is 19.6 Å². The van der Waals surface area contributed by atoms with Crippen LogP contribution in [0, 0.1) is 5.92 Å². The Hall–Kier alpha value is -2.67. The van der Waals surface area contributed by atoms with Crippen LogP contribution in [-0.4, -0.2) is 40.7 Å². The predicted molar refractivity (Wildman–Crippen MR) is 150 cm³/mol. The molecular weight excluding hydrogens is 485 g/mol. The van der Waals surface area contributed by atoms with Crippen molar-refractivity contribution < 1.29 is 13.2 Å². The number of allylic oxidation sites excluding steroid dienone is 2. The number of aromatic nitrogens is 2. The Bertz CT molecular complexity index is 1100. The smallest absolute Gasteiger partial charge is 0.373 e. The number of alkyl halides is 3. The van der Waals surface area contributed by atoms with Gasteiger partial charge in [-0.2, -0.15) is 13.2 Å². The van der Waals surface area contributed by atoms with Crippen molar-refractivity contribution >= 4 is 0 Å². The highest BCUT2D eigenvalue weighted by atomic mass is 19.4. The lowest BCUT2D eigenvalue weighted by Crippen LogP contribution is -2.29. The summed E-state index contributed by atoms with van der Waals surface area (Å²) in [6, 6.07) is 6.44. The second-order valence-electron chi connectivity index (χ2n) is 11.0. The van der Waals surface area contributed by atoms with Gasteiger partial charge < -0.3 is 10.6 Å². The molecule has 0 fully saturated rings. The van der Waals surface area contributed by atoms with E-state index in [-0.39, 0.29) is 5.92 Å². The van der Waals surface area contributed by atoms with Gasteiger partial charge in [0.25, 0.3) is 0 Å². The van der Waals surface area contributed by atoms with Gasteiger partial charge in [0.1, 0.15) is 0 Å². The van der Waals surface area contributed by atoms with E-state index in [0.717, 1.165) is 42.5 Å². The number of benzene rings is 1.